The van der Waals surface area contributed by atoms with Gasteiger partial charge in [0.1, 0.15) is 23.3 Å². The molecule has 5 rings (SSSR count). The lowest BCUT2D eigenvalue weighted by molar-refractivity contribution is 0.186. The van der Waals surface area contributed by atoms with Crippen LogP contribution >= 0.6 is 0 Å². The number of H-pyrrole nitrogens is 1. The second-order valence-electron chi connectivity index (χ2n) is 8.39. The minimum atomic E-state index is -1.02. The summed E-state index contributed by atoms with van der Waals surface area (Å²) >= 11 is 0. The first-order valence-corrected chi connectivity index (χ1v) is 10.1. The van der Waals surface area contributed by atoms with Crippen LogP contribution in [0.25, 0.3) is 10.8 Å². The highest BCUT2D eigenvalue weighted by Gasteiger charge is 2.42. The molecule has 3 heterocycles. The maximum atomic E-state index is 14.8. The molecule has 2 N–H and O–H groups in total. The molecule has 162 valence electrons. The summed E-state index contributed by atoms with van der Waals surface area (Å²) < 4.78 is 57.5. The topological polar surface area (TPSA) is 61.0 Å². The number of nitrogens with one attached hydrogen (secondary N) is 2. The SMILES string of the molecule is CN1CCC([C@H]2c3n[nH]c(=O)c4cc(F)cc(c34)N[C@@H]2c2c(F)cc(F)cc2F)CC1. The molecule has 3 aromatic rings. The Bertz CT molecular complexity index is 1210. The van der Waals surface area contributed by atoms with Gasteiger partial charge in [-0.2, -0.15) is 5.10 Å². The Morgan fingerprint density at radius 1 is 1.00 bits per heavy atom. The number of aromatic nitrogens is 2. The molecule has 0 radical (unpaired) electrons. The van der Waals surface area contributed by atoms with E-state index < -0.39 is 40.8 Å². The van der Waals surface area contributed by atoms with Crippen molar-refractivity contribution in [1.82, 2.24) is 15.1 Å². The molecule has 0 bridgehead atoms. The van der Waals surface area contributed by atoms with Gasteiger partial charge in [-0.1, -0.05) is 0 Å². The van der Waals surface area contributed by atoms with E-state index in [2.05, 4.69) is 20.4 Å². The second-order valence-corrected chi connectivity index (χ2v) is 8.39. The number of halogens is 4. The molecule has 2 atom stereocenters. The predicted molar refractivity (Wildman–Crippen MR) is 108 cm³/mol. The Kier molecular flexibility index (Phi) is 4.73. The predicted octanol–water partition coefficient (Wildman–Crippen LogP) is 4.07. The van der Waals surface area contributed by atoms with Gasteiger partial charge in [0.2, 0.25) is 0 Å². The summed E-state index contributed by atoms with van der Waals surface area (Å²) in [6.07, 6.45) is 1.51. The van der Waals surface area contributed by atoms with Crippen molar-refractivity contribution >= 4 is 16.5 Å². The number of anilines is 1. The van der Waals surface area contributed by atoms with Crippen LogP contribution in [0.3, 0.4) is 0 Å². The zero-order chi connectivity index (χ0) is 21.9. The van der Waals surface area contributed by atoms with Crippen LogP contribution < -0.4 is 10.9 Å². The standard InChI is InChI=1S/C22H20F4N4O/c1-30-4-2-10(3-5-30)17-20(19-14(25)7-12(24)8-15(19)26)27-16-9-11(23)6-13-18(16)21(17)28-29-22(13)31/h6-10,17,20,27H,2-5H2,1H3,(H,29,31)/t17-,20+/m1/s1. The highest BCUT2D eigenvalue weighted by Crippen LogP contribution is 2.50. The number of hydrogen-bond donors (Lipinski definition) is 2. The van der Waals surface area contributed by atoms with Crippen LogP contribution in [0.2, 0.25) is 0 Å². The second kappa shape index (κ2) is 7.33. The van der Waals surface area contributed by atoms with E-state index in [0.717, 1.165) is 32.0 Å². The summed E-state index contributed by atoms with van der Waals surface area (Å²) in [7, 11) is 2.00. The Balaban J connectivity index is 1.75. The smallest absolute Gasteiger partial charge is 0.272 e. The van der Waals surface area contributed by atoms with Crippen LogP contribution in [0.1, 0.15) is 36.1 Å². The molecule has 1 fully saturated rings. The number of benzene rings is 2. The molecule has 0 unspecified atom stereocenters. The first-order valence-electron chi connectivity index (χ1n) is 10.1. The third-order valence-electron chi connectivity index (χ3n) is 6.49. The largest absolute Gasteiger partial charge is 0.377 e. The van der Waals surface area contributed by atoms with Gasteiger partial charge in [0, 0.05) is 34.7 Å². The summed E-state index contributed by atoms with van der Waals surface area (Å²) in [5.41, 5.74) is -0.158. The fourth-order valence-corrected chi connectivity index (χ4v) is 5.04. The molecule has 0 saturated carbocycles. The van der Waals surface area contributed by atoms with E-state index in [0.29, 0.717) is 23.2 Å². The zero-order valence-electron chi connectivity index (χ0n) is 16.7. The lowest BCUT2D eigenvalue weighted by Gasteiger charge is -2.41. The normalized spacial score (nSPS) is 22.0. The molecule has 0 aliphatic carbocycles. The molecule has 31 heavy (non-hydrogen) atoms. The first-order chi connectivity index (χ1) is 14.8. The number of nitrogens with zero attached hydrogens (tertiary/aromatic N) is 2. The van der Waals surface area contributed by atoms with Gasteiger partial charge < -0.3 is 10.2 Å². The van der Waals surface area contributed by atoms with Gasteiger partial charge in [-0.15, -0.1) is 0 Å². The fraction of sp³-hybridized carbons (Fsp3) is 0.364. The molecular formula is C22H20F4N4O. The molecule has 0 spiro atoms. The summed E-state index contributed by atoms with van der Waals surface area (Å²) in [6.45, 7) is 1.59. The Labute approximate surface area is 175 Å². The van der Waals surface area contributed by atoms with Gasteiger partial charge in [-0.25, -0.2) is 22.7 Å². The van der Waals surface area contributed by atoms with E-state index in [1.54, 1.807) is 0 Å². The fourth-order valence-electron chi connectivity index (χ4n) is 5.04. The summed E-state index contributed by atoms with van der Waals surface area (Å²) in [6, 6.07) is 2.66. The van der Waals surface area contributed by atoms with E-state index >= 15 is 0 Å². The van der Waals surface area contributed by atoms with E-state index in [9.17, 15) is 22.4 Å². The van der Waals surface area contributed by atoms with E-state index in [1.807, 2.05) is 7.05 Å². The van der Waals surface area contributed by atoms with Crippen LogP contribution in [0, 0.1) is 29.2 Å². The van der Waals surface area contributed by atoms with Crippen molar-refractivity contribution in [1.29, 1.82) is 0 Å². The van der Waals surface area contributed by atoms with E-state index in [1.165, 1.54) is 6.07 Å². The average Bonchev–Trinajstić information content (AvgIpc) is 2.70. The molecule has 1 saturated heterocycles. The number of aromatic amines is 1. The molecule has 5 nitrogen and oxygen atoms in total. The first kappa shape index (κ1) is 20.0. The quantitative estimate of drug-likeness (QED) is 0.600. The minimum Gasteiger partial charge on any atom is -0.377 e. The van der Waals surface area contributed by atoms with Crippen LogP contribution in [-0.4, -0.2) is 35.2 Å². The molecule has 9 heteroatoms. The van der Waals surface area contributed by atoms with Crippen LogP contribution in [-0.2, 0) is 0 Å². The third-order valence-corrected chi connectivity index (χ3v) is 6.49. The number of piperidine rings is 1. The van der Waals surface area contributed by atoms with Crippen LogP contribution in [0.4, 0.5) is 23.2 Å². The van der Waals surface area contributed by atoms with Crippen LogP contribution in [0.15, 0.2) is 29.1 Å². The van der Waals surface area contributed by atoms with Gasteiger partial charge in [0.05, 0.1) is 17.1 Å². The van der Waals surface area contributed by atoms with E-state index in [4.69, 9.17) is 0 Å². The summed E-state index contributed by atoms with van der Waals surface area (Å²) in [5.74, 6) is -4.21. The van der Waals surface area contributed by atoms with Gasteiger partial charge in [-0.05, 0) is 51.0 Å². The van der Waals surface area contributed by atoms with E-state index in [-0.39, 0.29) is 22.6 Å². The Hall–Kier alpha value is -2.94. The third kappa shape index (κ3) is 3.27. The molecule has 2 aliphatic rings. The zero-order valence-corrected chi connectivity index (χ0v) is 16.7. The number of likely N-dealkylation sites (tertiary alicyclic amines) is 1. The van der Waals surface area contributed by atoms with Crippen molar-refractivity contribution in [3.05, 3.63) is 69.1 Å². The molecule has 1 aromatic heterocycles. The van der Waals surface area contributed by atoms with Gasteiger partial charge >= 0.3 is 0 Å². The molecule has 2 aromatic carbocycles. The average molecular weight is 432 g/mol. The van der Waals surface area contributed by atoms with Gasteiger partial charge in [0.25, 0.3) is 5.56 Å². The summed E-state index contributed by atoms with van der Waals surface area (Å²) in [4.78, 5) is 14.5. The Morgan fingerprint density at radius 2 is 1.65 bits per heavy atom. The maximum Gasteiger partial charge on any atom is 0.272 e. The van der Waals surface area contributed by atoms with Crippen molar-refractivity contribution in [2.45, 2.75) is 24.8 Å². The minimum absolute atomic E-state index is 0.00245. The van der Waals surface area contributed by atoms with Gasteiger partial charge in [-0.3, -0.25) is 4.79 Å². The molecule has 2 aliphatic heterocycles. The number of hydrogen-bond acceptors (Lipinski definition) is 4. The van der Waals surface area contributed by atoms with Gasteiger partial charge in [0.15, 0.2) is 0 Å². The highest BCUT2D eigenvalue weighted by molar-refractivity contribution is 5.97. The van der Waals surface area contributed by atoms with Crippen molar-refractivity contribution < 1.29 is 17.6 Å². The lowest BCUT2D eigenvalue weighted by atomic mass is 9.73. The van der Waals surface area contributed by atoms with Crippen molar-refractivity contribution in [3.8, 4) is 0 Å². The maximum absolute atomic E-state index is 14.8. The monoisotopic (exact) mass is 432 g/mol. The van der Waals surface area contributed by atoms with Crippen molar-refractivity contribution in [3.63, 3.8) is 0 Å². The number of rotatable bonds is 2. The Morgan fingerprint density at radius 3 is 2.32 bits per heavy atom. The van der Waals surface area contributed by atoms with Crippen molar-refractivity contribution in [2.24, 2.45) is 5.92 Å². The summed E-state index contributed by atoms with van der Waals surface area (Å²) in [5, 5.41) is 10.3. The molecule has 0 amide bonds. The lowest BCUT2D eigenvalue weighted by Crippen LogP contribution is -2.38. The molecular weight excluding hydrogens is 412 g/mol. The van der Waals surface area contributed by atoms with Crippen LogP contribution in [0.5, 0.6) is 0 Å². The highest BCUT2D eigenvalue weighted by atomic mass is 19.1. The van der Waals surface area contributed by atoms with Crippen molar-refractivity contribution in [2.75, 3.05) is 25.5 Å².